The van der Waals surface area contributed by atoms with Crippen LogP contribution in [0.15, 0.2) is 16.9 Å². The molecule has 1 aliphatic rings. The highest BCUT2D eigenvalue weighted by molar-refractivity contribution is 5.76. The van der Waals surface area contributed by atoms with E-state index in [0.717, 1.165) is 42.2 Å². The summed E-state index contributed by atoms with van der Waals surface area (Å²) in [7, 11) is 0. The molecule has 0 spiro atoms. The van der Waals surface area contributed by atoms with Crippen LogP contribution in [0.4, 0.5) is 0 Å². The van der Waals surface area contributed by atoms with Crippen LogP contribution in [-0.4, -0.2) is 48.3 Å². The maximum atomic E-state index is 13.0. The monoisotopic (exact) mass is 410 g/mol. The summed E-state index contributed by atoms with van der Waals surface area (Å²) < 4.78 is 3.46. The van der Waals surface area contributed by atoms with Gasteiger partial charge < -0.3 is 4.90 Å². The fourth-order valence-corrected chi connectivity index (χ4v) is 4.46. The lowest BCUT2D eigenvalue weighted by Gasteiger charge is -2.33. The second kappa shape index (κ2) is 7.74. The van der Waals surface area contributed by atoms with Gasteiger partial charge in [-0.05, 0) is 53.5 Å². The van der Waals surface area contributed by atoms with E-state index in [9.17, 15) is 9.59 Å². The van der Waals surface area contributed by atoms with Gasteiger partial charge in [0.2, 0.25) is 5.91 Å². The number of H-pyrrole nitrogens is 1. The van der Waals surface area contributed by atoms with Crippen molar-refractivity contribution in [1.29, 1.82) is 0 Å². The Bertz CT molecular complexity index is 1150. The molecule has 1 amide bonds. The molecule has 8 nitrogen and oxygen atoms in total. The molecule has 1 fully saturated rings. The van der Waals surface area contributed by atoms with Gasteiger partial charge >= 0.3 is 0 Å². The first-order chi connectivity index (χ1) is 14.2. The molecule has 4 rings (SSSR count). The third-order valence-electron chi connectivity index (χ3n) is 6.25. The molecule has 1 aliphatic heterocycles. The van der Waals surface area contributed by atoms with Crippen LogP contribution in [0.2, 0.25) is 0 Å². The number of hydrogen-bond donors (Lipinski definition) is 1. The summed E-state index contributed by atoms with van der Waals surface area (Å²) in [5, 5.41) is 7.75. The lowest BCUT2D eigenvalue weighted by molar-refractivity contribution is -0.133. The van der Waals surface area contributed by atoms with Gasteiger partial charge in [-0.1, -0.05) is 0 Å². The van der Waals surface area contributed by atoms with Crippen LogP contribution in [0.25, 0.3) is 5.65 Å². The number of nitrogens with one attached hydrogen (secondary N) is 1. The minimum atomic E-state index is -0.0637. The topological polar surface area (TPSA) is 88.3 Å². The van der Waals surface area contributed by atoms with Crippen LogP contribution in [0, 0.1) is 27.7 Å². The van der Waals surface area contributed by atoms with Crippen molar-refractivity contribution in [1.82, 2.24) is 29.3 Å². The molecule has 2 atom stereocenters. The average Bonchev–Trinajstić information content (AvgIpc) is 3.29. The van der Waals surface area contributed by atoms with Crippen molar-refractivity contribution in [3.63, 3.8) is 0 Å². The van der Waals surface area contributed by atoms with Gasteiger partial charge in [0.1, 0.15) is 0 Å². The SMILES string of the molecule is Cc1cc(C)n(C(C)CC(=O)N2CCCC(c3cc4nc(C)c(C)c(=O)n4[nH]3)C2)n1. The molecule has 4 heterocycles. The average molecular weight is 411 g/mol. The smallest absolute Gasteiger partial charge is 0.275 e. The number of nitrogens with zero attached hydrogens (tertiary/aromatic N) is 5. The molecular weight excluding hydrogens is 380 g/mol. The third kappa shape index (κ3) is 3.66. The summed E-state index contributed by atoms with van der Waals surface area (Å²) in [6, 6.07) is 4.01. The first-order valence-electron chi connectivity index (χ1n) is 10.6. The highest BCUT2D eigenvalue weighted by atomic mass is 16.2. The molecule has 0 aromatic carbocycles. The van der Waals surface area contributed by atoms with Crippen molar-refractivity contribution in [3.05, 3.63) is 50.8 Å². The summed E-state index contributed by atoms with van der Waals surface area (Å²) in [6.45, 7) is 11.1. The fraction of sp³-hybridized carbons (Fsp3) is 0.545. The van der Waals surface area contributed by atoms with Gasteiger partial charge in [-0.3, -0.25) is 19.4 Å². The first kappa shape index (κ1) is 20.4. The van der Waals surface area contributed by atoms with E-state index in [4.69, 9.17) is 0 Å². The molecule has 1 N–H and O–H groups in total. The molecule has 8 heteroatoms. The Hall–Kier alpha value is -2.90. The normalized spacial score (nSPS) is 18.2. The van der Waals surface area contributed by atoms with E-state index in [1.165, 1.54) is 4.52 Å². The van der Waals surface area contributed by atoms with Gasteiger partial charge in [0.15, 0.2) is 5.65 Å². The summed E-state index contributed by atoms with van der Waals surface area (Å²) >= 11 is 0. The van der Waals surface area contributed by atoms with Crippen molar-refractivity contribution in [2.24, 2.45) is 0 Å². The minimum Gasteiger partial charge on any atom is -0.342 e. The lowest BCUT2D eigenvalue weighted by atomic mass is 9.94. The molecule has 30 heavy (non-hydrogen) atoms. The van der Waals surface area contributed by atoms with Crippen LogP contribution in [0.3, 0.4) is 0 Å². The maximum Gasteiger partial charge on any atom is 0.275 e. The van der Waals surface area contributed by atoms with Crippen LogP contribution >= 0.6 is 0 Å². The Labute approximate surface area is 175 Å². The molecule has 160 valence electrons. The Morgan fingerprint density at radius 2 is 2.03 bits per heavy atom. The Morgan fingerprint density at radius 1 is 1.27 bits per heavy atom. The van der Waals surface area contributed by atoms with E-state index in [1.54, 1.807) is 6.92 Å². The largest absolute Gasteiger partial charge is 0.342 e. The molecule has 3 aromatic rings. The minimum absolute atomic E-state index is 0.0216. The standard InChI is InChI=1S/C22H30N6O2/c1-13-9-14(2)27(24-13)15(3)10-21(29)26-8-6-7-18(12-26)19-11-20-23-17(5)16(4)22(30)28(20)25-19/h9,11,15,18,25H,6-8,10,12H2,1-5H3. The number of hydrogen-bond acceptors (Lipinski definition) is 4. The molecule has 0 saturated carbocycles. The number of carbonyl (C=O) groups excluding carboxylic acids is 1. The lowest BCUT2D eigenvalue weighted by Crippen LogP contribution is -2.40. The number of rotatable bonds is 4. The van der Waals surface area contributed by atoms with Crippen molar-refractivity contribution in [3.8, 4) is 0 Å². The molecular formula is C22H30N6O2. The van der Waals surface area contributed by atoms with Crippen molar-refractivity contribution >= 4 is 11.6 Å². The molecule has 1 saturated heterocycles. The number of likely N-dealkylation sites (tertiary alicyclic amines) is 1. The van der Waals surface area contributed by atoms with Crippen LogP contribution in [0.5, 0.6) is 0 Å². The zero-order valence-electron chi connectivity index (χ0n) is 18.4. The zero-order chi connectivity index (χ0) is 21.6. The maximum absolute atomic E-state index is 13.0. The molecule has 2 unspecified atom stereocenters. The van der Waals surface area contributed by atoms with Gasteiger partial charge in [0.05, 0.1) is 11.7 Å². The van der Waals surface area contributed by atoms with E-state index in [1.807, 2.05) is 49.4 Å². The summed E-state index contributed by atoms with van der Waals surface area (Å²) in [4.78, 5) is 32.0. The summed E-state index contributed by atoms with van der Waals surface area (Å²) in [6.07, 6.45) is 2.36. The Kier molecular flexibility index (Phi) is 5.26. The number of piperidine rings is 1. The highest BCUT2D eigenvalue weighted by Gasteiger charge is 2.27. The number of aryl methyl sites for hydroxylation is 3. The Balaban J connectivity index is 1.50. The summed E-state index contributed by atoms with van der Waals surface area (Å²) in [5.41, 5.74) is 4.99. The van der Waals surface area contributed by atoms with Crippen molar-refractivity contribution in [2.75, 3.05) is 13.1 Å². The number of fused-ring (bicyclic) bond motifs is 1. The van der Waals surface area contributed by atoms with Gasteiger partial charge in [-0.2, -0.15) is 5.10 Å². The predicted octanol–water partition coefficient (Wildman–Crippen LogP) is 2.81. The van der Waals surface area contributed by atoms with E-state index in [0.29, 0.717) is 24.2 Å². The number of carbonyl (C=O) groups is 1. The Morgan fingerprint density at radius 3 is 2.73 bits per heavy atom. The number of aromatic amines is 1. The molecule has 0 bridgehead atoms. The first-order valence-corrected chi connectivity index (χ1v) is 10.6. The third-order valence-corrected chi connectivity index (χ3v) is 6.25. The van der Waals surface area contributed by atoms with Gasteiger partial charge in [0.25, 0.3) is 5.56 Å². The van der Waals surface area contributed by atoms with E-state index < -0.39 is 0 Å². The fourth-order valence-electron chi connectivity index (χ4n) is 4.46. The number of aromatic nitrogens is 5. The molecule has 3 aromatic heterocycles. The van der Waals surface area contributed by atoms with E-state index in [-0.39, 0.29) is 23.4 Å². The van der Waals surface area contributed by atoms with E-state index in [2.05, 4.69) is 15.2 Å². The van der Waals surface area contributed by atoms with E-state index >= 15 is 0 Å². The highest BCUT2D eigenvalue weighted by Crippen LogP contribution is 2.27. The number of amides is 1. The van der Waals surface area contributed by atoms with Crippen molar-refractivity contribution in [2.45, 2.75) is 65.8 Å². The van der Waals surface area contributed by atoms with Gasteiger partial charge in [-0.25, -0.2) is 9.50 Å². The second-order valence-corrected chi connectivity index (χ2v) is 8.64. The second-order valence-electron chi connectivity index (χ2n) is 8.64. The predicted molar refractivity (Wildman–Crippen MR) is 115 cm³/mol. The quantitative estimate of drug-likeness (QED) is 0.716. The summed E-state index contributed by atoms with van der Waals surface area (Å²) in [5.74, 6) is 0.325. The van der Waals surface area contributed by atoms with Crippen LogP contribution < -0.4 is 5.56 Å². The molecule has 0 aliphatic carbocycles. The zero-order valence-corrected chi connectivity index (χ0v) is 18.4. The van der Waals surface area contributed by atoms with Crippen LogP contribution in [-0.2, 0) is 4.79 Å². The van der Waals surface area contributed by atoms with Gasteiger partial charge in [0, 0.05) is 54.1 Å². The van der Waals surface area contributed by atoms with Gasteiger partial charge in [-0.15, -0.1) is 0 Å². The molecule has 0 radical (unpaired) electrons. The van der Waals surface area contributed by atoms with Crippen molar-refractivity contribution < 1.29 is 4.79 Å². The van der Waals surface area contributed by atoms with Crippen LogP contribution in [0.1, 0.15) is 66.5 Å².